The molecule has 0 atom stereocenters. The van der Waals surface area contributed by atoms with E-state index in [2.05, 4.69) is 5.32 Å². The van der Waals surface area contributed by atoms with Crippen molar-refractivity contribution in [3.63, 3.8) is 0 Å². The molecule has 0 aliphatic carbocycles. The number of nitrogens with two attached hydrogens (primary N) is 2. The molecule has 2 rings (SSSR count). The van der Waals surface area contributed by atoms with Gasteiger partial charge in [-0.2, -0.15) is 0 Å². The van der Waals surface area contributed by atoms with Gasteiger partial charge in [-0.3, -0.25) is 4.79 Å². The van der Waals surface area contributed by atoms with E-state index in [1.807, 2.05) is 0 Å². The van der Waals surface area contributed by atoms with Crippen molar-refractivity contribution in [2.75, 3.05) is 18.8 Å². The zero-order chi connectivity index (χ0) is 16.8. The lowest BCUT2D eigenvalue weighted by Gasteiger charge is -2.11. The van der Waals surface area contributed by atoms with Gasteiger partial charge in [0, 0.05) is 23.7 Å². The van der Waals surface area contributed by atoms with E-state index in [-0.39, 0.29) is 12.5 Å². The van der Waals surface area contributed by atoms with E-state index < -0.39 is 0 Å². The summed E-state index contributed by atoms with van der Waals surface area (Å²) in [6.07, 6.45) is 0. The van der Waals surface area contributed by atoms with Crippen molar-refractivity contribution in [3.8, 4) is 5.75 Å². The van der Waals surface area contributed by atoms with Crippen molar-refractivity contribution in [2.24, 2.45) is 5.73 Å². The van der Waals surface area contributed by atoms with Gasteiger partial charge in [-0.15, -0.1) is 0 Å². The Bertz CT molecular complexity index is 667. The maximum atomic E-state index is 11.8. The highest BCUT2D eigenvalue weighted by molar-refractivity contribution is 6.36. The third kappa shape index (κ3) is 4.76. The number of benzene rings is 2. The topological polar surface area (TPSA) is 90.4 Å². The maximum Gasteiger partial charge on any atom is 0.251 e. The molecule has 0 aromatic heterocycles. The molecular formula is C16H17Cl2N3O2. The number of ether oxygens (including phenoxy) is 1. The third-order valence-corrected chi connectivity index (χ3v) is 3.57. The van der Waals surface area contributed by atoms with Crippen molar-refractivity contribution < 1.29 is 9.53 Å². The van der Waals surface area contributed by atoms with Crippen LogP contribution >= 0.6 is 23.2 Å². The van der Waals surface area contributed by atoms with Gasteiger partial charge in [0.1, 0.15) is 6.61 Å². The number of anilines is 1. The highest BCUT2D eigenvalue weighted by atomic mass is 35.5. The molecule has 0 heterocycles. The molecule has 5 nitrogen and oxygen atoms in total. The van der Waals surface area contributed by atoms with Crippen LogP contribution in [-0.2, 0) is 6.61 Å². The van der Waals surface area contributed by atoms with E-state index in [0.717, 1.165) is 5.56 Å². The van der Waals surface area contributed by atoms with Crippen LogP contribution in [0.15, 0.2) is 36.4 Å². The van der Waals surface area contributed by atoms with Crippen molar-refractivity contribution in [3.05, 3.63) is 57.6 Å². The number of rotatable bonds is 6. The van der Waals surface area contributed by atoms with Crippen LogP contribution in [0, 0.1) is 0 Å². The normalized spacial score (nSPS) is 10.4. The second-order valence-corrected chi connectivity index (χ2v) is 5.68. The molecule has 2 aromatic carbocycles. The van der Waals surface area contributed by atoms with Crippen LogP contribution in [0.5, 0.6) is 5.75 Å². The standard InChI is InChI=1S/C16H17Cl2N3O2/c17-12-7-13(18)15(14(20)8-12)23-9-10-1-3-11(4-2-10)16(22)21-6-5-19/h1-4,7-8H,5-6,9,19-20H2,(H,21,22). The molecule has 0 unspecified atom stereocenters. The first-order chi connectivity index (χ1) is 11.0. The quantitative estimate of drug-likeness (QED) is 0.696. The Morgan fingerprint density at radius 3 is 2.48 bits per heavy atom. The molecule has 0 saturated heterocycles. The van der Waals surface area contributed by atoms with E-state index in [0.29, 0.717) is 40.1 Å². The average molecular weight is 354 g/mol. The van der Waals surface area contributed by atoms with Crippen molar-refractivity contribution in [1.82, 2.24) is 5.32 Å². The predicted molar refractivity (Wildman–Crippen MR) is 93.0 cm³/mol. The van der Waals surface area contributed by atoms with Crippen molar-refractivity contribution >= 4 is 34.8 Å². The molecule has 0 bridgehead atoms. The Labute approximate surface area is 144 Å². The molecule has 0 saturated carbocycles. The lowest BCUT2D eigenvalue weighted by atomic mass is 10.1. The van der Waals surface area contributed by atoms with Crippen molar-refractivity contribution in [1.29, 1.82) is 0 Å². The van der Waals surface area contributed by atoms with Crippen LogP contribution in [0.4, 0.5) is 5.69 Å². The molecule has 0 radical (unpaired) electrons. The van der Waals surface area contributed by atoms with Crippen molar-refractivity contribution in [2.45, 2.75) is 6.61 Å². The Kier molecular flexibility index (Phi) is 6.10. The van der Waals surface area contributed by atoms with E-state index in [1.54, 1.807) is 36.4 Å². The number of hydrogen-bond donors (Lipinski definition) is 3. The molecule has 0 fully saturated rings. The van der Waals surface area contributed by atoms with E-state index in [1.165, 1.54) is 0 Å². The smallest absolute Gasteiger partial charge is 0.251 e. The fourth-order valence-electron chi connectivity index (χ4n) is 1.93. The third-order valence-electron chi connectivity index (χ3n) is 3.07. The molecule has 122 valence electrons. The minimum Gasteiger partial charge on any atom is -0.485 e. The van der Waals surface area contributed by atoms with Crippen LogP contribution in [0.25, 0.3) is 0 Å². The Morgan fingerprint density at radius 1 is 1.17 bits per heavy atom. The van der Waals surface area contributed by atoms with E-state index >= 15 is 0 Å². The van der Waals surface area contributed by atoms with Gasteiger partial charge in [-0.1, -0.05) is 35.3 Å². The summed E-state index contributed by atoms with van der Waals surface area (Å²) in [4.78, 5) is 11.8. The average Bonchev–Trinajstić information content (AvgIpc) is 2.52. The minimum atomic E-state index is -0.159. The maximum absolute atomic E-state index is 11.8. The summed E-state index contributed by atoms with van der Waals surface area (Å²) in [5.74, 6) is 0.230. The highest BCUT2D eigenvalue weighted by Crippen LogP contribution is 2.34. The Hall–Kier alpha value is -1.95. The number of nitrogens with one attached hydrogen (secondary N) is 1. The largest absolute Gasteiger partial charge is 0.485 e. The second kappa shape index (κ2) is 8.06. The summed E-state index contributed by atoms with van der Waals surface area (Å²) >= 11 is 11.9. The molecule has 0 aliphatic rings. The fourth-order valence-corrected chi connectivity index (χ4v) is 2.49. The van der Waals surface area contributed by atoms with Gasteiger partial charge in [0.2, 0.25) is 0 Å². The van der Waals surface area contributed by atoms with Gasteiger partial charge in [0.25, 0.3) is 5.91 Å². The van der Waals surface area contributed by atoms with Gasteiger partial charge in [0.05, 0.1) is 10.7 Å². The first kappa shape index (κ1) is 17.4. The Balaban J connectivity index is 2.01. The summed E-state index contributed by atoms with van der Waals surface area (Å²) in [6, 6.07) is 10.2. The zero-order valence-corrected chi connectivity index (χ0v) is 13.8. The number of carbonyl (C=O) groups is 1. The highest BCUT2D eigenvalue weighted by Gasteiger charge is 2.09. The van der Waals surface area contributed by atoms with Gasteiger partial charge < -0.3 is 21.5 Å². The zero-order valence-electron chi connectivity index (χ0n) is 12.3. The molecule has 0 aliphatic heterocycles. The first-order valence-electron chi connectivity index (χ1n) is 6.95. The molecule has 7 heteroatoms. The Morgan fingerprint density at radius 2 is 1.87 bits per heavy atom. The molecule has 5 N–H and O–H groups in total. The minimum absolute atomic E-state index is 0.159. The van der Waals surface area contributed by atoms with Crippen LogP contribution < -0.4 is 21.5 Å². The van der Waals surface area contributed by atoms with Gasteiger partial charge in [-0.05, 0) is 29.8 Å². The fraction of sp³-hybridized carbons (Fsp3) is 0.188. The number of carbonyl (C=O) groups excluding carboxylic acids is 1. The summed E-state index contributed by atoms with van der Waals surface area (Å²) in [5, 5.41) is 3.51. The molecule has 1 amide bonds. The van der Waals surface area contributed by atoms with E-state index in [4.69, 9.17) is 39.4 Å². The van der Waals surface area contributed by atoms with Crippen LogP contribution in [0.1, 0.15) is 15.9 Å². The van der Waals surface area contributed by atoms with Crippen LogP contribution in [0.2, 0.25) is 10.0 Å². The first-order valence-corrected chi connectivity index (χ1v) is 7.71. The molecule has 23 heavy (non-hydrogen) atoms. The van der Waals surface area contributed by atoms with Gasteiger partial charge in [0.15, 0.2) is 5.75 Å². The predicted octanol–water partition coefficient (Wildman–Crippen LogP) is 2.84. The SMILES string of the molecule is NCCNC(=O)c1ccc(COc2c(N)cc(Cl)cc2Cl)cc1. The summed E-state index contributed by atoms with van der Waals surface area (Å²) in [5.41, 5.74) is 13.0. The second-order valence-electron chi connectivity index (χ2n) is 4.84. The summed E-state index contributed by atoms with van der Waals surface area (Å²) < 4.78 is 5.64. The van der Waals surface area contributed by atoms with Gasteiger partial charge >= 0.3 is 0 Å². The van der Waals surface area contributed by atoms with Crippen LogP contribution in [0.3, 0.4) is 0 Å². The van der Waals surface area contributed by atoms with E-state index in [9.17, 15) is 4.79 Å². The molecular weight excluding hydrogens is 337 g/mol. The summed E-state index contributed by atoms with van der Waals surface area (Å²) in [7, 11) is 0. The summed E-state index contributed by atoms with van der Waals surface area (Å²) in [6.45, 7) is 1.12. The lowest BCUT2D eigenvalue weighted by Crippen LogP contribution is -2.28. The lowest BCUT2D eigenvalue weighted by molar-refractivity contribution is 0.0954. The number of halogens is 2. The van der Waals surface area contributed by atoms with Gasteiger partial charge in [-0.25, -0.2) is 0 Å². The number of hydrogen-bond acceptors (Lipinski definition) is 4. The number of nitrogen functional groups attached to an aromatic ring is 1. The monoisotopic (exact) mass is 353 g/mol. The number of amides is 1. The molecule has 2 aromatic rings. The van der Waals surface area contributed by atoms with Crippen LogP contribution in [-0.4, -0.2) is 19.0 Å². The molecule has 0 spiro atoms.